The van der Waals surface area contributed by atoms with E-state index in [-0.39, 0.29) is 23.9 Å². The van der Waals surface area contributed by atoms with Gasteiger partial charge in [0, 0.05) is 6.54 Å². The van der Waals surface area contributed by atoms with Gasteiger partial charge in [0.2, 0.25) is 5.91 Å². The molecule has 0 aliphatic carbocycles. The van der Waals surface area contributed by atoms with Gasteiger partial charge in [0.15, 0.2) is 0 Å². The topological polar surface area (TPSA) is 70.8 Å². The van der Waals surface area contributed by atoms with Crippen LogP contribution in [0.1, 0.15) is 53.2 Å². The van der Waals surface area contributed by atoms with Gasteiger partial charge < -0.3 is 14.4 Å². The van der Waals surface area contributed by atoms with Crippen LogP contribution in [0.4, 0.5) is 0 Å². The lowest BCUT2D eigenvalue weighted by Crippen LogP contribution is -2.41. The first-order chi connectivity index (χ1) is 12.0. The summed E-state index contributed by atoms with van der Waals surface area (Å²) in [5.74, 6) is 1.10. The van der Waals surface area contributed by atoms with E-state index in [1.807, 2.05) is 24.0 Å². The minimum Gasteiger partial charge on any atom is -0.478 e. The van der Waals surface area contributed by atoms with Crippen LogP contribution in [0.25, 0.3) is 0 Å². The number of piperidine rings is 1. The molecule has 0 saturated carbocycles. The van der Waals surface area contributed by atoms with E-state index in [4.69, 9.17) is 4.42 Å². The van der Waals surface area contributed by atoms with E-state index in [1.165, 1.54) is 6.07 Å². The van der Waals surface area contributed by atoms with Crippen LogP contribution < -0.4 is 0 Å². The van der Waals surface area contributed by atoms with Crippen LogP contribution in [0.2, 0.25) is 0 Å². The lowest BCUT2D eigenvalue weighted by Gasteiger charge is -2.37. The van der Waals surface area contributed by atoms with Gasteiger partial charge in [-0.15, -0.1) is 0 Å². The highest BCUT2D eigenvalue weighted by atomic mass is 16.4. The van der Waals surface area contributed by atoms with Crippen molar-refractivity contribution in [2.24, 2.45) is 5.92 Å². The number of benzene rings is 1. The number of carbonyl (C=O) groups is 2. The van der Waals surface area contributed by atoms with Gasteiger partial charge >= 0.3 is 5.97 Å². The van der Waals surface area contributed by atoms with Gasteiger partial charge in [0.1, 0.15) is 11.5 Å². The van der Waals surface area contributed by atoms with Gasteiger partial charge in [-0.2, -0.15) is 0 Å². The zero-order chi connectivity index (χ0) is 18.0. The molecular formula is C20H23NO4. The molecule has 0 bridgehead atoms. The van der Waals surface area contributed by atoms with Gasteiger partial charge in [-0.25, -0.2) is 4.79 Å². The molecule has 1 N–H and O–H groups in total. The van der Waals surface area contributed by atoms with Gasteiger partial charge in [-0.3, -0.25) is 4.79 Å². The molecular weight excluding hydrogens is 318 g/mol. The van der Waals surface area contributed by atoms with E-state index >= 15 is 0 Å². The molecule has 1 fully saturated rings. The first-order valence-electron chi connectivity index (χ1n) is 8.62. The van der Waals surface area contributed by atoms with Crippen LogP contribution in [-0.4, -0.2) is 28.4 Å². The number of amides is 1. The fraction of sp³-hybridized carbons (Fsp3) is 0.400. The molecule has 1 amide bonds. The molecule has 1 aliphatic heterocycles. The summed E-state index contributed by atoms with van der Waals surface area (Å²) in [6.45, 7) is 4.75. The van der Waals surface area contributed by atoms with Crippen molar-refractivity contribution in [2.45, 2.75) is 39.2 Å². The predicted octanol–water partition coefficient (Wildman–Crippen LogP) is 3.83. The summed E-state index contributed by atoms with van der Waals surface area (Å²) in [6, 6.07) is 10.5. The lowest BCUT2D eigenvalue weighted by molar-refractivity contribution is -0.135. The molecule has 0 spiro atoms. The largest absolute Gasteiger partial charge is 0.478 e. The number of carbonyl (C=O) groups excluding carboxylic acids is 1. The second kappa shape index (κ2) is 7.13. The number of hydrogen-bond acceptors (Lipinski definition) is 3. The van der Waals surface area contributed by atoms with Crippen LogP contribution >= 0.6 is 0 Å². The molecule has 1 aliphatic rings. The number of furan rings is 1. The Bertz CT molecular complexity index is 780. The lowest BCUT2D eigenvalue weighted by atomic mass is 9.90. The Morgan fingerprint density at radius 2 is 2.00 bits per heavy atom. The molecule has 2 heterocycles. The number of likely N-dealkylation sites (tertiary alicyclic amines) is 1. The fourth-order valence-corrected chi connectivity index (χ4v) is 3.49. The third kappa shape index (κ3) is 3.76. The average Bonchev–Trinajstić information content (AvgIpc) is 3.01. The number of carboxylic acid groups (broad SMARTS) is 1. The van der Waals surface area contributed by atoms with Crippen molar-refractivity contribution in [3.05, 3.63) is 59.0 Å². The molecule has 2 unspecified atom stereocenters. The Morgan fingerprint density at radius 1 is 1.24 bits per heavy atom. The van der Waals surface area contributed by atoms with Gasteiger partial charge in [0.25, 0.3) is 0 Å². The quantitative estimate of drug-likeness (QED) is 0.917. The van der Waals surface area contributed by atoms with Gasteiger partial charge in [-0.05, 0) is 49.4 Å². The maximum Gasteiger partial charge on any atom is 0.335 e. The van der Waals surface area contributed by atoms with Crippen LogP contribution in [0.3, 0.4) is 0 Å². The molecule has 1 aromatic heterocycles. The Labute approximate surface area is 147 Å². The molecule has 2 aromatic rings. The summed E-state index contributed by atoms with van der Waals surface area (Å²) < 4.78 is 5.78. The standard InChI is InChI=1S/C20H23NO4/c1-13-9-10-21(17(11-13)18-8-7-14(2)25-18)19(22)12-15-5-3-4-6-16(15)20(23)24/h3-8,13,17H,9-12H2,1-2H3,(H,23,24). The zero-order valence-corrected chi connectivity index (χ0v) is 14.6. The molecule has 132 valence electrons. The predicted molar refractivity (Wildman–Crippen MR) is 93.4 cm³/mol. The third-order valence-electron chi connectivity index (χ3n) is 4.86. The van der Waals surface area contributed by atoms with Crippen molar-refractivity contribution >= 4 is 11.9 Å². The summed E-state index contributed by atoms with van der Waals surface area (Å²) in [4.78, 5) is 26.1. The Balaban J connectivity index is 1.83. The van der Waals surface area contributed by atoms with E-state index in [1.54, 1.807) is 18.2 Å². The summed E-state index contributed by atoms with van der Waals surface area (Å²) >= 11 is 0. The maximum atomic E-state index is 12.9. The van der Waals surface area contributed by atoms with E-state index in [2.05, 4.69) is 6.92 Å². The number of carboxylic acids is 1. The van der Waals surface area contributed by atoms with E-state index in [0.717, 1.165) is 24.4 Å². The third-order valence-corrected chi connectivity index (χ3v) is 4.86. The van der Waals surface area contributed by atoms with Gasteiger partial charge in [0.05, 0.1) is 18.0 Å². The summed E-state index contributed by atoms with van der Waals surface area (Å²) in [5, 5.41) is 9.32. The number of hydrogen-bond donors (Lipinski definition) is 1. The van der Waals surface area contributed by atoms with E-state index in [0.29, 0.717) is 18.0 Å². The molecule has 2 atom stereocenters. The first-order valence-corrected chi connectivity index (χ1v) is 8.62. The molecule has 25 heavy (non-hydrogen) atoms. The minimum atomic E-state index is -1.01. The van der Waals surface area contributed by atoms with Crippen LogP contribution in [-0.2, 0) is 11.2 Å². The van der Waals surface area contributed by atoms with E-state index < -0.39 is 5.97 Å². The average molecular weight is 341 g/mol. The van der Waals surface area contributed by atoms with Crippen molar-refractivity contribution in [1.29, 1.82) is 0 Å². The first kappa shape index (κ1) is 17.3. The Morgan fingerprint density at radius 3 is 2.68 bits per heavy atom. The van der Waals surface area contributed by atoms with Crippen molar-refractivity contribution in [3.63, 3.8) is 0 Å². The number of nitrogens with zero attached hydrogens (tertiary/aromatic N) is 1. The van der Waals surface area contributed by atoms with Crippen LogP contribution in [0.15, 0.2) is 40.8 Å². The SMILES string of the molecule is Cc1ccc(C2CC(C)CCN2C(=O)Cc2ccccc2C(=O)O)o1. The van der Waals surface area contributed by atoms with Crippen LogP contribution in [0.5, 0.6) is 0 Å². The smallest absolute Gasteiger partial charge is 0.335 e. The fourth-order valence-electron chi connectivity index (χ4n) is 3.49. The highest BCUT2D eigenvalue weighted by Crippen LogP contribution is 2.35. The van der Waals surface area contributed by atoms with Crippen molar-refractivity contribution in [2.75, 3.05) is 6.54 Å². The maximum absolute atomic E-state index is 12.9. The van der Waals surface area contributed by atoms with Crippen molar-refractivity contribution in [3.8, 4) is 0 Å². The molecule has 3 rings (SSSR count). The molecule has 5 nitrogen and oxygen atoms in total. The Kier molecular flexibility index (Phi) is 4.93. The van der Waals surface area contributed by atoms with Crippen LogP contribution in [0, 0.1) is 12.8 Å². The second-order valence-corrected chi connectivity index (χ2v) is 6.82. The minimum absolute atomic E-state index is 0.0559. The highest BCUT2D eigenvalue weighted by molar-refractivity contribution is 5.91. The van der Waals surface area contributed by atoms with E-state index in [9.17, 15) is 14.7 Å². The normalized spacial score (nSPS) is 20.5. The zero-order valence-electron chi connectivity index (χ0n) is 14.6. The van der Waals surface area contributed by atoms with Crippen molar-refractivity contribution in [1.82, 2.24) is 4.90 Å². The van der Waals surface area contributed by atoms with Gasteiger partial charge in [-0.1, -0.05) is 25.1 Å². The second-order valence-electron chi connectivity index (χ2n) is 6.82. The molecule has 1 saturated heterocycles. The molecule has 5 heteroatoms. The number of aromatic carboxylic acids is 1. The highest BCUT2D eigenvalue weighted by Gasteiger charge is 2.33. The summed E-state index contributed by atoms with van der Waals surface area (Å²) in [7, 11) is 0. The molecule has 0 radical (unpaired) electrons. The Hall–Kier alpha value is -2.56. The van der Waals surface area contributed by atoms with Crippen molar-refractivity contribution < 1.29 is 19.1 Å². The monoisotopic (exact) mass is 341 g/mol. The summed E-state index contributed by atoms with van der Waals surface area (Å²) in [5.41, 5.74) is 0.736. The number of rotatable bonds is 4. The number of aryl methyl sites for hydroxylation is 1. The molecule has 1 aromatic carbocycles. The summed E-state index contributed by atoms with van der Waals surface area (Å²) in [6.07, 6.45) is 1.90.